The smallest absolute Gasteiger partial charge is 0.0394 e. The lowest BCUT2D eigenvalue weighted by atomic mass is 9.96. The molecule has 45 valence electrons. The molecule has 0 atom stereocenters. The summed E-state index contributed by atoms with van der Waals surface area (Å²) in [6, 6.07) is 0. The second-order valence-electron chi connectivity index (χ2n) is 2.32. The Morgan fingerprint density at radius 3 is 2.12 bits per heavy atom. The van der Waals surface area contributed by atoms with Crippen LogP contribution in [0.2, 0.25) is 0 Å². The third-order valence-electron chi connectivity index (χ3n) is 0.846. The molecule has 0 spiro atoms. The highest BCUT2D eigenvalue weighted by atomic mass is 32.1. The zero-order valence-electron chi connectivity index (χ0n) is 5.56. The molecule has 0 fully saturated rings. The number of allylic oxidation sites excluding steroid dienone is 2. The molecule has 0 amide bonds. The van der Waals surface area contributed by atoms with E-state index in [-0.39, 0.29) is 5.41 Å². The third-order valence-corrected chi connectivity index (χ3v) is 1.37. The number of hydrogen-bond donors (Lipinski definition) is 0. The molecule has 0 aromatic carbocycles. The fraction of sp³-hybridized carbons (Fsp3) is 0.571. The molecule has 0 N–H and O–H groups in total. The molecule has 0 aromatic rings. The summed E-state index contributed by atoms with van der Waals surface area (Å²) in [4.78, 5) is 0. The number of rotatable bonds is 2. The largest absolute Gasteiger partial charge is 0.0908 e. The van der Waals surface area contributed by atoms with E-state index in [0.29, 0.717) is 0 Å². The summed E-state index contributed by atoms with van der Waals surface area (Å²) in [5.41, 5.74) is -0.0237. The number of thiocarbonyl (C=S) groups is 1. The second kappa shape index (κ2) is 2.98. The molecule has 1 radical (unpaired) electrons. The quantitative estimate of drug-likeness (QED) is 0.405. The Hall–Kier alpha value is -0.170. The molecule has 0 saturated heterocycles. The van der Waals surface area contributed by atoms with Crippen LogP contribution < -0.4 is 0 Å². The molecule has 8 heavy (non-hydrogen) atoms. The molecule has 0 unspecified atom stereocenters. The van der Waals surface area contributed by atoms with E-state index in [9.17, 15) is 0 Å². The molecule has 0 aliphatic rings. The van der Waals surface area contributed by atoms with Gasteiger partial charge in [-0.2, -0.15) is 0 Å². The van der Waals surface area contributed by atoms with Crippen LogP contribution in [0.1, 0.15) is 20.8 Å². The monoisotopic (exact) mass is 127 g/mol. The van der Waals surface area contributed by atoms with Gasteiger partial charge in [0.05, 0.1) is 0 Å². The van der Waals surface area contributed by atoms with E-state index in [2.05, 4.69) is 17.6 Å². The van der Waals surface area contributed by atoms with Crippen molar-refractivity contribution in [2.45, 2.75) is 20.8 Å². The molecule has 0 bridgehead atoms. The van der Waals surface area contributed by atoms with Crippen LogP contribution in [0.15, 0.2) is 12.2 Å². The molecule has 0 aliphatic heterocycles. The Balaban J connectivity index is 3.90. The molecule has 0 heterocycles. The van der Waals surface area contributed by atoms with E-state index in [4.69, 9.17) is 0 Å². The van der Waals surface area contributed by atoms with Gasteiger partial charge in [0.25, 0.3) is 0 Å². The first kappa shape index (κ1) is 7.83. The van der Waals surface area contributed by atoms with Gasteiger partial charge in [-0.3, -0.25) is 0 Å². The van der Waals surface area contributed by atoms with Crippen molar-refractivity contribution in [3.8, 4) is 0 Å². The summed E-state index contributed by atoms with van der Waals surface area (Å²) in [5.74, 6) is 0. The first-order valence-electron chi connectivity index (χ1n) is 2.65. The van der Waals surface area contributed by atoms with Gasteiger partial charge in [0.2, 0.25) is 0 Å². The van der Waals surface area contributed by atoms with Crippen LogP contribution in [0.25, 0.3) is 0 Å². The highest BCUT2D eigenvalue weighted by molar-refractivity contribution is 7.79. The minimum atomic E-state index is -0.0237. The van der Waals surface area contributed by atoms with Crippen LogP contribution >= 0.6 is 12.2 Å². The molecule has 1 heteroatoms. The zero-order valence-corrected chi connectivity index (χ0v) is 6.38. The molecule has 0 aromatic heterocycles. The van der Waals surface area contributed by atoms with Crippen molar-refractivity contribution in [1.82, 2.24) is 0 Å². The van der Waals surface area contributed by atoms with Gasteiger partial charge in [0.1, 0.15) is 0 Å². The highest BCUT2D eigenvalue weighted by Crippen LogP contribution is 2.12. The van der Waals surface area contributed by atoms with Gasteiger partial charge in [0, 0.05) is 10.8 Å². The normalized spacial score (nSPS) is 12.4. The maximum atomic E-state index is 4.65. The zero-order chi connectivity index (χ0) is 6.62. The second-order valence-corrected chi connectivity index (χ2v) is 2.53. The highest BCUT2D eigenvalue weighted by Gasteiger charge is 2.07. The Labute approximate surface area is 56.6 Å². The van der Waals surface area contributed by atoms with Gasteiger partial charge < -0.3 is 0 Å². The lowest BCUT2D eigenvalue weighted by Crippen LogP contribution is -2.05. The van der Waals surface area contributed by atoms with Gasteiger partial charge >= 0.3 is 0 Å². The predicted molar refractivity (Wildman–Crippen MR) is 41.2 cm³/mol. The topological polar surface area (TPSA) is 0 Å². The summed E-state index contributed by atoms with van der Waals surface area (Å²) in [6.07, 6.45) is 4.01. The van der Waals surface area contributed by atoms with Gasteiger partial charge in [-0.25, -0.2) is 0 Å². The Kier molecular flexibility index (Phi) is 2.91. The van der Waals surface area contributed by atoms with Crippen molar-refractivity contribution in [2.24, 2.45) is 5.41 Å². The van der Waals surface area contributed by atoms with Crippen molar-refractivity contribution >= 4 is 17.6 Å². The van der Waals surface area contributed by atoms with Gasteiger partial charge in [-0.1, -0.05) is 38.2 Å². The maximum Gasteiger partial charge on any atom is 0.0394 e. The summed E-state index contributed by atoms with van der Waals surface area (Å²) >= 11 is 4.65. The van der Waals surface area contributed by atoms with Crippen LogP contribution in [0.5, 0.6) is 0 Å². The van der Waals surface area contributed by atoms with E-state index in [1.165, 1.54) is 0 Å². The fourth-order valence-corrected chi connectivity index (χ4v) is 0.519. The SMILES string of the molecule is C/C=C/C(C)(C)[C]=S. The molecule has 0 saturated carbocycles. The van der Waals surface area contributed by atoms with Crippen molar-refractivity contribution in [2.75, 3.05) is 0 Å². The molecule has 0 rings (SSSR count). The van der Waals surface area contributed by atoms with Crippen LogP contribution in [0.3, 0.4) is 0 Å². The summed E-state index contributed by atoms with van der Waals surface area (Å²) in [5, 5.41) is 2.74. The molecular formula is C7H11S. The van der Waals surface area contributed by atoms with Crippen LogP contribution in [0.4, 0.5) is 0 Å². The summed E-state index contributed by atoms with van der Waals surface area (Å²) in [7, 11) is 0. The average Bonchev–Trinajstić information content (AvgIpc) is 1.67. The predicted octanol–water partition coefficient (Wildman–Crippen LogP) is 2.47. The Morgan fingerprint density at radius 2 is 2.00 bits per heavy atom. The standard InChI is InChI=1S/C7H11S/c1-4-5-7(2,3)6-8/h4-5H,1-3H3/b5-4+. The lowest BCUT2D eigenvalue weighted by molar-refractivity contribution is 0.702. The molecule has 0 nitrogen and oxygen atoms in total. The maximum absolute atomic E-state index is 4.65. The first-order chi connectivity index (χ1) is 3.62. The average molecular weight is 127 g/mol. The van der Waals surface area contributed by atoms with Gasteiger partial charge in [0.15, 0.2) is 0 Å². The minimum absolute atomic E-state index is 0.0237. The first-order valence-corrected chi connectivity index (χ1v) is 3.06. The van der Waals surface area contributed by atoms with E-state index >= 15 is 0 Å². The van der Waals surface area contributed by atoms with Crippen molar-refractivity contribution < 1.29 is 0 Å². The third kappa shape index (κ3) is 2.92. The van der Waals surface area contributed by atoms with E-state index < -0.39 is 0 Å². The van der Waals surface area contributed by atoms with E-state index in [1.54, 1.807) is 0 Å². The summed E-state index contributed by atoms with van der Waals surface area (Å²) in [6.45, 7) is 6.04. The van der Waals surface area contributed by atoms with Crippen molar-refractivity contribution in [1.29, 1.82) is 0 Å². The van der Waals surface area contributed by atoms with Crippen molar-refractivity contribution in [3.63, 3.8) is 0 Å². The molecular weight excluding hydrogens is 116 g/mol. The van der Waals surface area contributed by atoms with Crippen molar-refractivity contribution in [3.05, 3.63) is 12.2 Å². The van der Waals surface area contributed by atoms with Crippen LogP contribution in [-0.4, -0.2) is 5.37 Å². The number of hydrogen-bond acceptors (Lipinski definition) is 1. The molecule has 0 aliphatic carbocycles. The van der Waals surface area contributed by atoms with E-state index in [0.717, 1.165) is 0 Å². The van der Waals surface area contributed by atoms with E-state index in [1.807, 2.05) is 32.9 Å². The minimum Gasteiger partial charge on any atom is -0.0908 e. The van der Waals surface area contributed by atoms with Crippen LogP contribution in [-0.2, 0) is 0 Å². The van der Waals surface area contributed by atoms with Gasteiger partial charge in [-0.15, -0.1) is 0 Å². The summed E-state index contributed by atoms with van der Waals surface area (Å²) < 4.78 is 0. The fourth-order valence-electron chi connectivity index (χ4n) is 0.451. The lowest BCUT2D eigenvalue weighted by Gasteiger charge is -2.09. The Morgan fingerprint density at radius 1 is 1.50 bits per heavy atom. The Bertz CT molecular complexity index is 101. The van der Waals surface area contributed by atoms with Crippen LogP contribution in [0, 0.1) is 5.41 Å². The van der Waals surface area contributed by atoms with Gasteiger partial charge in [-0.05, 0) is 6.92 Å².